The van der Waals surface area contributed by atoms with Crippen LogP contribution in [-0.4, -0.2) is 40.5 Å². The van der Waals surface area contributed by atoms with E-state index in [1.165, 1.54) is 12.1 Å². The Morgan fingerprint density at radius 2 is 1.94 bits per heavy atom. The molecule has 2 aliphatic rings. The molecule has 1 aromatic heterocycles. The summed E-state index contributed by atoms with van der Waals surface area (Å²) in [5.74, 6) is 0.114. The summed E-state index contributed by atoms with van der Waals surface area (Å²) < 4.78 is 13.2. The van der Waals surface area contributed by atoms with Gasteiger partial charge in [-0.1, -0.05) is 23.7 Å². The van der Waals surface area contributed by atoms with Crippen LogP contribution in [0.25, 0.3) is 0 Å². The SMILES string of the molecule is O=C(NC1(c2ccc(Cl)cc2)CCNC1)N1CCc2cnc(Nc3ccc(F)cc3)nc2C1. The van der Waals surface area contributed by atoms with E-state index in [0.29, 0.717) is 42.7 Å². The average Bonchev–Trinajstić information content (AvgIpc) is 3.30. The first-order chi connectivity index (χ1) is 16.0. The number of carbonyl (C=O) groups is 1. The zero-order valence-corrected chi connectivity index (χ0v) is 18.7. The van der Waals surface area contributed by atoms with Crippen molar-refractivity contribution in [1.29, 1.82) is 0 Å². The van der Waals surface area contributed by atoms with Crippen molar-refractivity contribution < 1.29 is 9.18 Å². The van der Waals surface area contributed by atoms with E-state index in [4.69, 9.17) is 11.6 Å². The van der Waals surface area contributed by atoms with Gasteiger partial charge in [-0.2, -0.15) is 0 Å². The van der Waals surface area contributed by atoms with E-state index in [0.717, 1.165) is 29.8 Å². The van der Waals surface area contributed by atoms with Gasteiger partial charge < -0.3 is 20.9 Å². The molecule has 2 aromatic carbocycles. The number of hydrogen-bond acceptors (Lipinski definition) is 5. The molecule has 0 spiro atoms. The quantitative estimate of drug-likeness (QED) is 0.542. The molecule has 0 radical (unpaired) electrons. The molecule has 0 saturated carbocycles. The molecule has 3 N–H and O–H groups in total. The number of nitrogens with one attached hydrogen (secondary N) is 3. The van der Waals surface area contributed by atoms with Crippen molar-refractivity contribution in [3.8, 4) is 0 Å². The van der Waals surface area contributed by atoms with Crippen LogP contribution in [-0.2, 0) is 18.5 Å². The lowest BCUT2D eigenvalue weighted by Gasteiger charge is -2.35. The fourth-order valence-electron chi connectivity index (χ4n) is 4.37. The van der Waals surface area contributed by atoms with Crippen LogP contribution in [0.2, 0.25) is 5.02 Å². The van der Waals surface area contributed by atoms with Crippen LogP contribution in [0, 0.1) is 5.82 Å². The highest BCUT2D eigenvalue weighted by molar-refractivity contribution is 6.30. The highest BCUT2D eigenvalue weighted by atomic mass is 35.5. The number of urea groups is 1. The van der Waals surface area contributed by atoms with Crippen LogP contribution in [0.5, 0.6) is 0 Å². The fourth-order valence-corrected chi connectivity index (χ4v) is 4.49. The third kappa shape index (κ3) is 4.62. The number of aromatic nitrogens is 2. The standard InChI is InChI=1S/C24H24ClFN6O/c25-18-3-1-17(2-4-18)24(10-11-27-15-24)31-23(33)32-12-9-16-13-28-22(30-21(16)14-32)29-20-7-5-19(26)6-8-20/h1-8,13,27H,9-12,14-15H2,(H,31,33)(H,28,29,30). The summed E-state index contributed by atoms with van der Waals surface area (Å²) in [5, 5.41) is 10.4. The molecule has 1 saturated heterocycles. The molecular formula is C24H24ClFN6O. The lowest BCUT2D eigenvalue weighted by molar-refractivity contribution is 0.178. The molecule has 0 aliphatic carbocycles. The fraction of sp³-hybridized carbons (Fsp3) is 0.292. The largest absolute Gasteiger partial charge is 0.327 e. The summed E-state index contributed by atoms with van der Waals surface area (Å²) in [5.41, 5.74) is 3.10. The highest BCUT2D eigenvalue weighted by Crippen LogP contribution is 2.30. The molecule has 2 amide bonds. The number of anilines is 2. The number of hydrogen-bond donors (Lipinski definition) is 3. The Bertz CT molecular complexity index is 1150. The molecule has 1 atom stereocenters. The summed E-state index contributed by atoms with van der Waals surface area (Å²) in [7, 11) is 0. The van der Waals surface area contributed by atoms with Gasteiger partial charge in [0, 0.05) is 30.0 Å². The maximum atomic E-state index is 13.3. The predicted octanol–water partition coefficient (Wildman–Crippen LogP) is 3.97. The van der Waals surface area contributed by atoms with Crippen LogP contribution < -0.4 is 16.0 Å². The van der Waals surface area contributed by atoms with E-state index in [-0.39, 0.29) is 11.8 Å². The minimum Gasteiger partial charge on any atom is -0.327 e. The first-order valence-electron chi connectivity index (χ1n) is 10.9. The zero-order chi connectivity index (χ0) is 22.8. The lowest BCUT2D eigenvalue weighted by atomic mass is 9.89. The number of carbonyl (C=O) groups excluding carboxylic acids is 1. The minimum atomic E-state index is -0.469. The van der Waals surface area contributed by atoms with E-state index in [1.54, 1.807) is 23.2 Å². The Kier molecular flexibility index (Phi) is 5.86. The summed E-state index contributed by atoms with van der Waals surface area (Å²) in [6.07, 6.45) is 3.28. The maximum absolute atomic E-state index is 13.3. The molecule has 1 unspecified atom stereocenters. The molecule has 0 bridgehead atoms. The van der Waals surface area contributed by atoms with Gasteiger partial charge in [0.05, 0.1) is 17.8 Å². The number of benzene rings is 2. The van der Waals surface area contributed by atoms with Crippen molar-refractivity contribution in [3.05, 3.63) is 82.4 Å². The Labute approximate surface area is 196 Å². The van der Waals surface area contributed by atoms with Crippen LogP contribution in [0.3, 0.4) is 0 Å². The number of rotatable bonds is 4. The number of amides is 2. The van der Waals surface area contributed by atoms with Crippen LogP contribution in [0.15, 0.2) is 54.7 Å². The normalized spacial score (nSPS) is 19.8. The van der Waals surface area contributed by atoms with Gasteiger partial charge in [0.15, 0.2) is 0 Å². The number of fused-ring (bicyclic) bond motifs is 1. The first kappa shape index (κ1) is 21.6. The van der Waals surface area contributed by atoms with Crippen molar-refractivity contribution in [2.75, 3.05) is 25.0 Å². The molecule has 7 nitrogen and oxygen atoms in total. The van der Waals surface area contributed by atoms with Crippen LogP contribution in [0.4, 0.5) is 20.8 Å². The second-order valence-corrected chi connectivity index (χ2v) is 8.85. The van der Waals surface area contributed by atoms with Gasteiger partial charge in [-0.15, -0.1) is 0 Å². The first-order valence-corrected chi connectivity index (χ1v) is 11.3. The Morgan fingerprint density at radius 1 is 1.15 bits per heavy atom. The molecule has 3 aromatic rings. The van der Waals surface area contributed by atoms with E-state index >= 15 is 0 Å². The monoisotopic (exact) mass is 466 g/mol. The minimum absolute atomic E-state index is 0.119. The zero-order valence-electron chi connectivity index (χ0n) is 17.9. The molecule has 170 valence electrons. The van der Waals surface area contributed by atoms with Gasteiger partial charge in [-0.3, -0.25) is 0 Å². The molecule has 5 rings (SSSR count). The molecule has 33 heavy (non-hydrogen) atoms. The predicted molar refractivity (Wildman–Crippen MR) is 125 cm³/mol. The molecule has 1 fully saturated rings. The van der Waals surface area contributed by atoms with E-state index in [1.807, 2.05) is 24.3 Å². The molecule has 9 heteroatoms. The molecule has 2 aliphatic heterocycles. The average molecular weight is 467 g/mol. The summed E-state index contributed by atoms with van der Waals surface area (Å²) in [4.78, 5) is 24.1. The van der Waals surface area contributed by atoms with E-state index < -0.39 is 5.54 Å². The molecule has 3 heterocycles. The summed E-state index contributed by atoms with van der Waals surface area (Å²) in [6.45, 7) is 2.49. The second kappa shape index (κ2) is 8.96. The summed E-state index contributed by atoms with van der Waals surface area (Å²) in [6, 6.07) is 13.5. The van der Waals surface area contributed by atoms with Crippen molar-refractivity contribution in [2.24, 2.45) is 0 Å². The van der Waals surface area contributed by atoms with Crippen molar-refractivity contribution in [3.63, 3.8) is 0 Å². The Morgan fingerprint density at radius 3 is 2.67 bits per heavy atom. The second-order valence-electron chi connectivity index (χ2n) is 8.41. The smallest absolute Gasteiger partial charge is 0.318 e. The van der Waals surface area contributed by atoms with Gasteiger partial charge >= 0.3 is 6.03 Å². The van der Waals surface area contributed by atoms with Crippen molar-refractivity contribution in [1.82, 2.24) is 25.5 Å². The lowest BCUT2D eigenvalue weighted by Crippen LogP contribution is -2.53. The number of nitrogens with zero attached hydrogens (tertiary/aromatic N) is 3. The number of halogens is 2. The molecular weight excluding hydrogens is 443 g/mol. The van der Waals surface area contributed by atoms with Gasteiger partial charge in [0.25, 0.3) is 0 Å². The Hall–Kier alpha value is -3.23. The van der Waals surface area contributed by atoms with E-state index in [9.17, 15) is 9.18 Å². The van der Waals surface area contributed by atoms with Crippen LogP contribution >= 0.6 is 11.6 Å². The van der Waals surface area contributed by atoms with Gasteiger partial charge in [0.2, 0.25) is 5.95 Å². The van der Waals surface area contributed by atoms with Gasteiger partial charge in [-0.05, 0) is 66.9 Å². The van der Waals surface area contributed by atoms with E-state index in [2.05, 4.69) is 25.9 Å². The highest BCUT2D eigenvalue weighted by Gasteiger charge is 2.38. The maximum Gasteiger partial charge on any atom is 0.318 e. The van der Waals surface area contributed by atoms with Crippen LogP contribution in [0.1, 0.15) is 23.2 Å². The van der Waals surface area contributed by atoms with Gasteiger partial charge in [0.1, 0.15) is 5.82 Å². The third-order valence-corrected chi connectivity index (χ3v) is 6.48. The third-order valence-electron chi connectivity index (χ3n) is 6.23. The van der Waals surface area contributed by atoms with Crippen molar-refractivity contribution in [2.45, 2.75) is 24.9 Å². The van der Waals surface area contributed by atoms with Gasteiger partial charge in [-0.25, -0.2) is 19.2 Å². The summed E-state index contributed by atoms with van der Waals surface area (Å²) >= 11 is 6.06. The Balaban J connectivity index is 1.31. The topological polar surface area (TPSA) is 82.2 Å². The van der Waals surface area contributed by atoms with Crippen molar-refractivity contribution >= 4 is 29.3 Å².